The summed E-state index contributed by atoms with van der Waals surface area (Å²) in [5.41, 5.74) is 4.60. The lowest BCUT2D eigenvalue weighted by Crippen LogP contribution is -2.13. The van der Waals surface area contributed by atoms with Crippen LogP contribution in [0.3, 0.4) is 0 Å². The van der Waals surface area contributed by atoms with Gasteiger partial charge in [0, 0.05) is 32.1 Å². The van der Waals surface area contributed by atoms with Crippen molar-refractivity contribution in [3.63, 3.8) is 0 Å². The van der Waals surface area contributed by atoms with Gasteiger partial charge in [-0.15, -0.1) is 0 Å². The molecule has 8 heteroatoms. The van der Waals surface area contributed by atoms with Crippen molar-refractivity contribution in [1.82, 2.24) is 14.4 Å². The predicted octanol–water partition coefficient (Wildman–Crippen LogP) is 7.54. The van der Waals surface area contributed by atoms with E-state index in [9.17, 15) is 9.59 Å². The maximum atomic E-state index is 13.7. The second-order valence-electron chi connectivity index (χ2n) is 9.85. The van der Waals surface area contributed by atoms with E-state index in [1.165, 1.54) is 0 Å². The highest BCUT2D eigenvalue weighted by molar-refractivity contribution is 7.99. The van der Waals surface area contributed by atoms with Crippen LogP contribution in [0.15, 0.2) is 128 Å². The zero-order chi connectivity index (χ0) is 28.2. The van der Waals surface area contributed by atoms with E-state index < -0.39 is 0 Å². The fourth-order valence-electron chi connectivity index (χ4n) is 5.46. The van der Waals surface area contributed by atoms with Crippen molar-refractivity contribution in [2.24, 2.45) is 0 Å². The first-order valence-electron chi connectivity index (χ1n) is 13.3. The monoisotopic (exact) mass is 564 g/mol. The number of anilines is 1. The first-order chi connectivity index (χ1) is 20.7. The molecule has 3 aromatic heterocycles. The summed E-state index contributed by atoms with van der Waals surface area (Å²) in [5, 5.41) is 6.75. The van der Waals surface area contributed by atoms with Gasteiger partial charge in [0.1, 0.15) is 11.2 Å². The Balaban J connectivity index is 1.21. The molecule has 0 bridgehead atoms. The summed E-state index contributed by atoms with van der Waals surface area (Å²) in [6, 6.07) is 32.9. The largest absolute Gasteiger partial charge is 0.436 e. The van der Waals surface area contributed by atoms with Crippen LogP contribution in [0.2, 0.25) is 0 Å². The van der Waals surface area contributed by atoms with Crippen LogP contribution in [-0.2, 0) is 4.79 Å². The van der Waals surface area contributed by atoms with E-state index in [0.29, 0.717) is 27.7 Å². The second kappa shape index (κ2) is 9.57. The Bertz CT molecular complexity index is 2390. The average molecular weight is 565 g/mol. The summed E-state index contributed by atoms with van der Waals surface area (Å²) < 4.78 is 7.50. The van der Waals surface area contributed by atoms with E-state index in [-0.39, 0.29) is 11.4 Å². The fraction of sp³-hybridized carbons (Fsp3) is 0. The number of hydrogen-bond donors (Lipinski definition) is 1. The van der Waals surface area contributed by atoms with Crippen LogP contribution in [0.25, 0.3) is 54.9 Å². The fourth-order valence-corrected chi connectivity index (χ4v) is 6.49. The van der Waals surface area contributed by atoms with E-state index in [4.69, 9.17) is 9.40 Å². The molecule has 0 aliphatic heterocycles. The SMILES string of the molecule is O=C/C(=C\Nc1ccccc1Sc1ccc2c3c1cccc3c(=O)n1c3ccccc3nc21)c1nc2ccccc2o1. The number of allylic oxidation sites excluding steroid dienone is 1. The molecule has 0 aliphatic carbocycles. The standard InChI is InChI=1S/C34H20N4O3S/c39-19-20(33-37-25-11-2-5-14-28(25)41-33)18-35-26-12-3-6-15-30(26)42-29-17-16-22-31-21(29)8-7-9-23(31)34(40)38-27-13-4-1-10-24(27)36-32(22)38/h1-19,35H/b20-18+. The smallest absolute Gasteiger partial charge is 0.264 e. The Labute approximate surface area is 242 Å². The normalized spacial score (nSPS) is 12.2. The summed E-state index contributed by atoms with van der Waals surface area (Å²) in [6.45, 7) is 0. The molecule has 0 saturated carbocycles. The third kappa shape index (κ3) is 3.77. The molecule has 0 fully saturated rings. The Morgan fingerprint density at radius 2 is 1.55 bits per heavy atom. The Morgan fingerprint density at radius 3 is 2.43 bits per heavy atom. The van der Waals surface area contributed by atoms with Crippen LogP contribution in [-0.4, -0.2) is 20.7 Å². The van der Waals surface area contributed by atoms with Crippen molar-refractivity contribution in [1.29, 1.82) is 0 Å². The van der Waals surface area contributed by atoms with Crippen molar-refractivity contribution in [3.8, 4) is 0 Å². The topological polar surface area (TPSA) is 89.5 Å². The number of pyridine rings is 1. The Kier molecular flexibility index (Phi) is 5.55. The molecule has 0 radical (unpaired) electrons. The van der Waals surface area contributed by atoms with Gasteiger partial charge in [0.25, 0.3) is 5.56 Å². The van der Waals surface area contributed by atoms with Gasteiger partial charge in [-0.1, -0.05) is 60.3 Å². The number of hydrogen-bond acceptors (Lipinski definition) is 7. The zero-order valence-corrected chi connectivity index (χ0v) is 22.8. The van der Waals surface area contributed by atoms with E-state index in [1.807, 2.05) is 97.1 Å². The number of rotatable bonds is 6. The minimum atomic E-state index is -0.0771. The molecule has 0 amide bonds. The van der Waals surface area contributed by atoms with Gasteiger partial charge in [-0.3, -0.25) is 14.0 Å². The maximum absolute atomic E-state index is 13.7. The molecule has 0 aliphatic rings. The number of nitrogens with zero attached hydrogens (tertiary/aromatic N) is 3. The van der Waals surface area contributed by atoms with Crippen LogP contribution in [0.4, 0.5) is 5.69 Å². The van der Waals surface area contributed by atoms with Crippen molar-refractivity contribution in [2.75, 3.05) is 5.32 Å². The zero-order valence-electron chi connectivity index (χ0n) is 21.9. The molecule has 42 heavy (non-hydrogen) atoms. The predicted molar refractivity (Wildman–Crippen MR) is 167 cm³/mol. The molecule has 7 nitrogen and oxygen atoms in total. The highest BCUT2D eigenvalue weighted by Crippen LogP contribution is 2.40. The average Bonchev–Trinajstić information content (AvgIpc) is 3.64. The van der Waals surface area contributed by atoms with Gasteiger partial charge >= 0.3 is 0 Å². The third-order valence-electron chi connectivity index (χ3n) is 7.39. The van der Waals surface area contributed by atoms with Crippen LogP contribution < -0.4 is 10.9 Å². The number of nitrogens with one attached hydrogen (secondary N) is 1. The Hall–Kier alpha value is -5.47. The van der Waals surface area contributed by atoms with Gasteiger partial charge in [0.2, 0.25) is 5.89 Å². The van der Waals surface area contributed by atoms with Gasteiger partial charge in [0.05, 0.1) is 22.3 Å². The summed E-state index contributed by atoms with van der Waals surface area (Å²) in [5.74, 6) is 0.253. The van der Waals surface area contributed by atoms with Gasteiger partial charge < -0.3 is 9.73 Å². The number of imidazole rings is 1. The molecule has 200 valence electrons. The molecule has 0 unspecified atom stereocenters. The number of oxazole rings is 1. The molecule has 8 rings (SSSR count). The van der Waals surface area contributed by atoms with Gasteiger partial charge in [0.15, 0.2) is 11.9 Å². The second-order valence-corrected chi connectivity index (χ2v) is 10.9. The summed E-state index contributed by atoms with van der Waals surface area (Å²) in [4.78, 5) is 36.9. The number of para-hydroxylation sites is 5. The van der Waals surface area contributed by atoms with E-state index in [2.05, 4.69) is 16.4 Å². The van der Waals surface area contributed by atoms with Crippen molar-refractivity contribution < 1.29 is 9.21 Å². The lowest BCUT2D eigenvalue weighted by molar-refractivity contribution is -0.103. The highest BCUT2D eigenvalue weighted by Gasteiger charge is 2.18. The number of aromatic nitrogens is 3. The van der Waals surface area contributed by atoms with Gasteiger partial charge in [-0.05, 0) is 60.0 Å². The summed E-state index contributed by atoms with van der Waals surface area (Å²) in [7, 11) is 0. The number of aldehydes is 1. The highest BCUT2D eigenvalue weighted by atomic mass is 32.2. The van der Waals surface area contributed by atoms with Gasteiger partial charge in [-0.2, -0.15) is 0 Å². The molecule has 0 spiro atoms. The summed E-state index contributed by atoms with van der Waals surface area (Å²) in [6.07, 6.45) is 2.34. The van der Waals surface area contributed by atoms with E-state index in [0.717, 1.165) is 49.0 Å². The molecule has 0 saturated heterocycles. The molecular formula is C34H20N4O3S. The molecule has 5 aromatic carbocycles. The summed E-state index contributed by atoms with van der Waals surface area (Å²) >= 11 is 1.58. The number of benzene rings is 5. The molecule has 8 aromatic rings. The van der Waals surface area contributed by atoms with Crippen LogP contribution >= 0.6 is 11.8 Å². The quantitative estimate of drug-likeness (QED) is 0.165. The lowest BCUT2D eigenvalue weighted by Gasteiger charge is -2.13. The van der Waals surface area contributed by atoms with Crippen molar-refractivity contribution >= 4 is 78.6 Å². The first-order valence-corrected chi connectivity index (χ1v) is 14.1. The van der Waals surface area contributed by atoms with Crippen molar-refractivity contribution in [3.05, 3.63) is 126 Å². The van der Waals surface area contributed by atoms with E-state index in [1.54, 1.807) is 22.4 Å². The third-order valence-corrected chi connectivity index (χ3v) is 8.55. The number of fused-ring (bicyclic) bond motifs is 5. The first kappa shape index (κ1) is 24.3. The number of carbonyl (C=O) groups excluding carboxylic acids is 1. The molecular weight excluding hydrogens is 544 g/mol. The van der Waals surface area contributed by atoms with Crippen molar-refractivity contribution in [2.45, 2.75) is 9.79 Å². The van der Waals surface area contributed by atoms with Crippen LogP contribution in [0, 0.1) is 0 Å². The lowest BCUT2D eigenvalue weighted by atomic mass is 10.0. The van der Waals surface area contributed by atoms with Crippen LogP contribution in [0.5, 0.6) is 0 Å². The number of carbonyl (C=O) groups is 1. The van der Waals surface area contributed by atoms with Crippen LogP contribution in [0.1, 0.15) is 5.89 Å². The van der Waals surface area contributed by atoms with Gasteiger partial charge in [-0.25, -0.2) is 9.97 Å². The molecule has 3 heterocycles. The van der Waals surface area contributed by atoms with E-state index >= 15 is 0 Å². The Morgan fingerprint density at radius 1 is 0.762 bits per heavy atom. The molecule has 1 N–H and O–H groups in total. The minimum absolute atomic E-state index is 0.0771. The molecule has 0 atom stereocenters. The maximum Gasteiger partial charge on any atom is 0.264 e. The minimum Gasteiger partial charge on any atom is -0.436 e.